The lowest BCUT2D eigenvalue weighted by Crippen LogP contribution is -2.52. The highest BCUT2D eigenvalue weighted by molar-refractivity contribution is 7.98. The lowest BCUT2D eigenvalue weighted by molar-refractivity contribution is -0.131. The third-order valence-electron chi connectivity index (χ3n) is 3.52. The number of nitrogens with two attached hydrogens (primary N) is 1. The molecule has 1 aliphatic heterocycles. The number of piperazine rings is 1. The van der Waals surface area contributed by atoms with E-state index in [0.717, 1.165) is 11.5 Å². The maximum atomic E-state index is 12.1. The Labute approximate surface area is 135 Å². The van der Waals surface area contributed by atoms with Crippen LogP contribution in [0, 0.1) is 0 Å². The van der Waals surface area contributed by atoms with Crippen molar-refractivity contribution >= 4 is 27.9 Å². The zero-order chi connectivity index (χ0) is 16.0. The van der Waals surface area contributed by atoms with Crippen LogP contribution >= 0.6 is 11.8 Å². The molecule has 22 heavy (non-hydrogen) atoms. The Hall–Kier alpha value is -1.09. The Bertz CT molecular complexity index is 585. The van der Waals surface area contributed by atoms with Crippen LogP contribution in [0.1, 0.15) is 12.0 Å². The molecule has 1 amide bonds. The molecule has 0 bridgehead atoms. The summed E-state index contributed by atoms with van der Waals surface area (Å²) in [5, 5.41) is 5.08. The van der Waals surface area contributed by atoms with Crippen molar-refractivity contribution < 1.29 is 13.2 Å². The quantitative estimate of drug-likeness (QED) is 0.769. The number of amides is 1. The van der Waals surface area contributed by atoms with Crippen LogP contribution in [0.5, 0.6) is 0 Å². The Morgan fingerprint density at radius 2 is 1.77 bits per heavy atom. The summed E-state index contributed by atoms with van der Waals surface area (Å²) < 4.78 is 23.6. The van der Waals surface area contributed by atoms with Crippen molar-refractivity contribution in [2.24, 2.45) is 5.14 Å². The summed E-state index contributed by atoms with van der Waals surface area (Å²) in [5.41, 5.74) is 1.25. The van der Waals surface area contributed by atoms with Crippen molar-refractivity contribution in [3.8, 4) is 0 Å². The van der Waals surface area contributed by atoms with Crippen molar-refractivity contribution in [2.75, 3.05) is 31.9 Å². The van der Waals surface area contributed by atoms with Gasteiger partial charge in [-0.2, -0.15) is 24.5 Å². The number of thioether (sulfide) groups is 1. The highest BCUT2D eigenvalue weighted by atomic mass is 32.2. The first kappa shape index (κ1) is 17.3. The highest BCUT2D eigenvalue weighted by Gasteiger charge is 2.25. The van der Waals surface area contributed by atoms with Crippen molar-refractivity contribution in [3.05, 3.63) is 35.9 Å². The van der Waals surface area contributed by atoms with E-state index in [-0.39, 0.29) is 19.0 Å². The molecule has 1 aromatic rings. The van der Waals surface area contributed by atoms with Crippen molar-refractivity contribution in [1.29, 1.82) is 0 Å². The molecule has 0 saturated carbocycles. The predicted octanol–water partition coefficient (Wildman–Crippen LogP) is 0.658. The van der Waals surface area contributed by atoms with Crippen molar-refractivity contribution in [1.82, 2.24) is 9.21 Å². The number of hydrogen-bond donors (Lipinski definition) is 1. The normalized spacial score (nSPS) is 16.7. The molecule has 122 valence electrons. The standard InChI is InChI=1S/C14H21N3O3S2/c15-22(19,20)17-9-7-16(8-10-17)14(18)6-11-21-12-13-4-2-1-3-5-13/h1-5H,6-12H2,(H2,15,19,20). The van der Waals surface area contributed by atoms with Crippen LogP contribution < -0.4 is 5.14 Å². The second kappa shape index (κ2) is 7.96. The molecule has 2 N–H and O–H groups in total. The Morgan fingerprint density at radius 3 is 2.36 bits per heavy atom. The summed E-state index contributed by atoms with van der Waals surface area (Å²) in [6, 6.07) is 10.1. The molecule has 0 radical (unpaired) electrons. The van der Waals surface area contributed by atoms with Gasteiger partial charge in [-0.25, -0.2) is 5.14 Å². The number of nitrogens with zero attached hydrogens (tertiary/aromatic N) is 2. The average Bonchev–Trinajstić information content (AvgIpc) is 2.52. The van der Waals surface area contributed by atoms with E-state index in [1.807, 2.05) is 18.2 Å². The highest BCUT2D eigenvalue weighted by Crippen LogP contribution is 2.14. The molecule has 8 heteroatoms. The molecule has 0 aliphatic carbocycles. The minimum Gasteiger partial charge on any atom is -0.340 e. The first-order valence-corrected chi connectivity index (χ1v) is 9.80. The molecule has 1 saturated heterocycles. The summed E-state index contributed by atoms with van der Waals surface area (Å²) in [7, 11) is -3.64. The first-order valence-electron chi connectivity index (χ1n) is 7.14. The fraction of sp³-hybridized carbons (Fsp3) is 0.500. The largest absolute Gasteiger partial charge is 0.340 e. The molecular formula is C14H21N3O3S2. The number of carbonyl (C=O) groups is 1. The third kappa shape index (κ3) is 5.28. The zero-order valence-electron chi connectivity index (χ0n) is 12.3. The minimum absolute atomic E-state index is 0.0784. The minimum atomic E-state index is -3.64. The van der Waals surface area contributed by atoms with Gasteiger partial charge in [0.15, 0.2) is 0 Å². The third-order valence-corrected chi connectivity index (χ3v) is 5.64. The molecule has 2 rings (SSSR count). The molecular weight excluding hydrogens is 322 g/mol. The Kier molecular flexibility index (Phi) is 6.25. The van der Waals surface area contributed by atoms with Gasteiger partial charge in [-0.15, -0.1) is 0 Å². The van der Waals surface area contributed by atoms with Crippen LogP contribution in [0.15, 0.2) is 30.3 Å². The van der Waals surface area contributed by atoms with Gasteiger partial charge in [-0.3, -0.25) is 4.79 Å². The second-order valence-electron chi connectivity index (χ2n) is 5.11. The van der Waals surface area contributed by atoms with Gasteiger partial charge >= 0.3 is 0 Å². The van der Waals surface area contributed by atoms with Crippen LogP contribution in [0.4, 0.5) is 0 Å². The van der Waals surface area contributed by atoms with Gasteiger partial charge in [0.1, 0.15) is 0 Å². The van der Waals surface area contributed by atoms with Crippen molar-refractivity contribution in [2.45, 2.75) is 12.2 Å². The van der Waals surface area contributed by atoms with Gasteiger partial charge in [0.25, 0.3) is 10.2 Å². The van der Waals surface area contributed by atoms with Crippen LogP contribution in [-0.2, 0) is 20.8 Å². The van der Waals surface area contributed by atoms with Gasteiger partial charge in [0.05, 0.1) is 0 Å². The first-order chi connectivity index (χ1) is 10.5. The lowest BCUT2D eigenvalue weighted by Gasteiger charge is -2.33. The maximum Gasteiger partial charge on any atom is 0.277 e. The number of rotatable bonds is 6. The van der Waals surface area contributed by atoms with Crippen LogP contribution in [0.25, 0.3) is 0 Å². The molecule has 0 aromatic heterocycles. The number of carbonyl (C=O) groups excluding carboxylic acids is 1. The molecule has 0 unspecified atom stereocenters. The fourth-order valence-electron chi connectivity index (χ4n) is 2.27. The zero-order valence-corrected chi connectivity index (χ0v) is 14.0. The number of hydrogen-bond acceptors (Lipinski definition) is 4. The van der Waals surface area contributed by atoms with Crippen LogP contribution in [0.2, 0.25) is 0 Å². The summed E-state index contributed by atoms with van der Waals surface area (Å²) >= 11 is 1.73. The van der Waals surface area contributed by atoms with Gasteiger partial charge in [-0.1, -0.05) is 30.3 Å². The SMILES string of the molecule is NS(=O)(=O)N1CCN(C(=O)CCSCc2ccccc2)CC1. The second-order valence-corrected chi connectivity index (χ2v) is 7.76. The molecule has 0 atom stereocenters. The monoisotopic (exact) mass is 343 g/mol. The summed E-state index contributed by atoms with van der Waals surface area (Å²) in [6.45, 7) is 1.39. The molecule has 1 aromatic carbocycles. The lowest BCUT2D eigenvalue weighted by atomic mass is 10.2. The Balaban J connectivity index is 1.66. The van der Waals surface area contributed by atoms with Crippen LogP contribution in [-0.4, -0.2) is 55.5 Å². The maximum absolute atomic E-state index is 12.1. The van der Waals surface area contributed by atoms with E-state index in [1.54, 1.807) is 16.7 Å². The average molecular weight is 343 g/mol. The smallest absolute Gasteiger partial charge is 0.277 e. The molecule has 6 nitrogen and oxygen atoms in total. The van der Waals surface area contributed by atoms with Gasteiger partial charge in [0, 0.05) is 44.1 Å². The fourth-order valence-corrected chi connectivity index (χ4v) is 3.84. The van der Waals surface area contributed by atoms with Gasteiger partial charge in [-0.05, 0) is 5.56 Å². The van der Waals surface area contributed by atoms with Gasteiger partial charge in [0.2, 0.25) is 5.91 Å². The van der Waals surface area contributed by atoms with E-state index in [2.05, 4.69) is 12.1 Å². The van der Waals surface area contributed by atoms with E-state index in [9.17, 15) is 13.2 Å². The Morgan fingerprint density at radius 1 is 1.14 bits per heavy atom. The van der Waals surface area contributed by atoms with E-state index in [1.165, 1.54) is 9.87 Å². The predicted molar refractivity (Wildman–Crippen MR) is 88.5 cm³/mol. The molecule has 1 aliphatic rings. The van der Waals surface area contributed by atoms with E-state index in [0.29, 0.717) is 19.5 Å². The van der Waals surface area contributed by atoms with E-state index in [4.69, 9.17) is 5.14 Å². The molecule has 0 spiro atoms. The van der Waals surface area contributed by atoms with E-state index >= 15 is 0 Å². The summed E-state index contributed by atoms with van der Waals surface area (Å²) in [4.78, 5) is 13.8. The van der Waals surface area contributed by atoms with Gasteiger partial charge < -0.3 is 4.90 Å². The summed E-state index contributed by atoms with van der Waals surface area (Å²) in [5.74, 6) is 1.74. The molecule has 1 fully saturated rings. The van der Waals surface area contributed by atoms with Crippen LogP contribution in [0.3, 0.4) is 0 Å². The van der Waals surface area contributed by atoms with Crippen molar-refractivity contribution in [3.63, 3.8) is 0 Å². The molecule has 1 heterocycles. The van der Waals surface area contributed by atoms with E-state index < -0.39 is 10.2 Å². The number of benzene rings is 1. The summed E-state index contributed by atoms with van der Waals surface area (Å²) in [6.07, 6.45) is 0.479. The topological polar surface area (TPSA) is 83.7 Å².